The van der Waals surface area contributed by atoms with Crippen molar-refractivity contribution in [2.24, 2.45) is 11.8 Å². The molecule has 0 saturated carbocycles. The van der Waals surface area contributed by atoms with Crippen molar-refractivity contribution in [2.75, 3.05) is 39.3 Å². The van der Waals surface area contributed by atoms with Gasteiger partial charge in [-0.2, -0.15) is 0 Å². The molecule has 0 amide bonds. The summed E-state index contributed by atoms with van der Waals surface area (Å²) >= 11 is 0. The fourth-order valence-electron chi connectivity index (χ4n) is 3.22. The molecule has 0 aromatic carbocycles. The van der Waals surface area contributed by atoms with Gasteiger partial charge in [-0.25, -0.2) is 0 Å². The second kappa shape index (κ2) is 8.23. The van der Waals surface area contributed by atoms with E-state index in [0.717, 1.165) is 25.0 Å². The van der Waals surface area contributed by atoms with Crippen LogP contribution in [0.25, 0.3) is 0 Å². The van der Waals surface area contributed by atoms with Crippen molar-refractivity contribution in [2.45, 2.75) is 52.1 Å². The number of hydrogen-bond acceptors (Lipinski definition) is 3. The van der Waals surface area contributed by atoms with E-state index in [0.29, 0.717) is 6.10 Å². The summed E-state index contributed by atoms with van der Waals surface area (Å²) in [6.45, 7) is 11.7. The molecular formula is C16H32N2O. The van der Waals surface area contributed by atoms with Crippen LogP contribution in [-0.4, -0.2) is 50.3 Å². The molecule has 2 rings (SSSR count). The third kappa shape index (κ3) is 5.80. The van der Waals surface area contributed by atoms with Gasteiger partial charge in [-0.1, -0.05) is 13.8 Å². The molecule has 2 aliphatic rings. The van der Waals surface area contributed by atoms with Crippen molar-refractivity contribution < 1.29 is 4.74 Å². The summed E-state index contributed by atoms with van der Waals surface area (Å²) in [6, 6.07) is 0. The summed E-state index contributed by atoms with van der Waals surface area (Å²) in [5.74, 6) is 1.63. The molecule has 3 heteroatoms. The van der Waals surface area contributed by atoms with Gasteiger partial charge in [0.25, 0.3) is 0 Å². The van der Waals surface area contributed by atoms with Crippen molar-refractivity contribution in [3.05, 3.63) is 0 Å². The van der Waals surface area contributed by atoms with E-state index >= 15 is 0 Å². The maximum atomic E-state index is 5.82. The molecule has 3 nitrogen and oxygen atoms in total. The van der Waals surface area contributed by atoms with Gasteiger partial charge in [-0.05, 0) is 63.6 Å². The van der Waals surface area contributed by atoms with Gasteiger partial charge in [0, 0.05) is 19.7 Å². The lowest BCUT2D eigenvalue weighted by atomic mass is 10.1. The van der Waals surface area contributed by atoms with E-state index in [2.05, 4.69) is 24.1 Å². The number of hydrogen-bond donors (Lipinski definition) is 1. The Labute approximate surface area is 119 Å². The molecule has 0 aliphatic carbocycles. The summed E-state index contributed by atoms with van der Waals surface area (Å²) < 4.78 is 5.82. The second-order valence-corrected chi connectivity index (χ2v) is 6.78. The van der Waals surface area contributed by atoms with Crippen LogP contribution in [0.3, 0.4) is 0 Å². The average Bonchev–Trinajstić information content (AvgIpc) is 2.85. The molecule has 2 heterocycles. The van der Waals surface area contributed by atoms with Gasteiger partial charge in [0.05, 0.1) is 6.10 Å². The summed E-state index contributed by atoms with van der Waals surface area (Å²) in [4.78, 5) is 2.64. The van der Waals surface area contributed by atoms with Crippen LogP contribution < -0.4 is 5.32 Å². The fraction of sp³-hybridized carbons (Fsp3) is 1.00. The van der Waals surface area contributed by atoms with Crippen molar-refractivity contribution in [3.8, 4) is 0 Å². The number of nitrogens with one attached hydrogen (secondary N) is 1. The van der Waals surface area contributed by atoms with Gasteiger partial charge in [-0.3, -0.25) is 0 Å². The Kier molecular flexibility index (Phi) is 6.62. The zero-order chi connectivity index (χ0) is 13.5. The monoisotopic (exact) mass is 268 g/mol. The van der Waals surface area contributed by atoms with E-state index in [4.69, 9.17) is 4.74 Å². The van der Waals surface area contributed by atoms with E-state index < -0.39 is 0 Å². The summed E-state index contributed by atoms with van der Waals surface area (Å²) in [5.41, 5.74) is 0. The maximum absolute atomic E-state index is 5.82. The highest BCUT2D eigenvalue weighted by atomic mass is 16.5. The fourth-order valence-corrected chi connectivity index (χ4v) is 3.22. The molecule has 2 saturated heterocycles. The minimum Gasteiger partial charge on any atom is -0.378 e. The number of rotatable bonds is 7. The topological polar surface area (TPSA) is 24.5 Å². The Hall–Kier alpha value is -0.120. The van der Waals surface area contributed by atoms with Gasteiger partial charge in [0.15, 0.2) is 0 Å². The highest BCUT2D eigenvalue weighted by molar-refractivity contribution is 4.78. The first-order valence-corrected chi connectivity index (χ1v) is 8.28. The number of ether oxygens (including phenoxy) is 1. The Morgan fingerprint density at radius 3 is 2.89 bits per heavy atom. The van der Waals surface area contributed by atoms with Crippen molar-refractivity contribution in [3.63, 3.8) is 0 Å². The Balaban J connectivity index is 1.54. The predicted octanol–water partition coefficient (Wildman–Crippen LogP) is 2.51. The first kappa shape index (κ1) is 15.3. The van der Waals surface area contributed by atoms with E-state index in [1.54, 1.807) is 0 Å². The SMILES string of the molecule is CC(C)CNCC1CCN(CCC2CCCCO2)C1. The molecule has 2 atom stereocenters. The summed E-state index contributed by atoms with van der Waals surface area (Å²) in [7, 11) is 0. The molecule has 2 aliphatic heterocycles. The molecule has 112 valence electrons. The average molecular weight is 268 g/mol. The summed E-state index contributed by atoms with van der Waals surface area (Å²) in [5, 5.41) is 3.60. The molecule has 0 aromatic rings. The molecular weight excluding hydrogens is 236 g/mol. The number of likely N-dealkylation sites (tertiary alicyclic amines) is 1. The van der Waals surface area contributed by atoms with Crippen LogP contribution in [0.4, 0.5) is 0 Å². The molecule has 1 N–H and O–H groups in total. The van der Waals surface area contributed by atoms with Gasteiger partial charge >= 0.3 is 0 Å². The van der Waals surface area contributed by atoms with Crippen LogP contribution in [0, 0.1) is 11.8 Å². The third-order valence-corrected chi connectivity index (χ3v) is 4.40. The Bertz CT molecular complexity index is 239. The Morgan fingerprint density at radius 2 is 2.16 bits per heavy atom. The number of nitrogens with zero attached hydrogens (tertiary/aromatic N) is 1. The highest BCUT2D eigenvalue weighted by Crippen LogP contribution is 2.19. The lowest BCUT2D eigenvalue weighted by Crippen LogP contribution is -2.30. The van der Waals surface area contributed by atoms with Crippen LogP contribution in [0.15, 0.2) is 0 Å². The van der Waals surface area contributed by atoms with Gasteiger partial charge in [-0.15, -0.1) is 0 Å². The van der Waals surface area contributed by atoms with Crippen molar-refractivity contribution >= 4 is 0 Å². The minimum atomic E-state index is 0.548. The zero-order valence-corrected chi connectivity index (χ0v) is 12.9. The van der Waals surface area contributed by atoms with Crippen LogP contribution in [0.2, 0.25) is 0 Å². The quantitative estimate of drug-likeness (QED) is 0.768. The van der Waals surface area contributed by atoms with Crippen LogP contribution in [0.1, 0.15) is 46.0 Å². The first-order chi connectivity index (χ1) is 9.24. The highest BCUT2D eigenvalue weighted by Gasteiger charge is 2.23. The molecule has 0 aromatic heterocycles. The van der Waals surface area contributed by atoms with Gasteiger partial charge in [0.2, 0.25) is 0 Å². The zero-order valence-electron chi connectivity index (χ0n) is 12.9. The molecule has 0 spiro atoms. The molecule has 2 fully saturated rings. The second-order valence-electron chi connectivity index (χ2n) is 6.78. The summed E-state index contributed by atoms with van der Waals surface area (Å²) in [6.07, 6.45) is 7.08. The molecule has 19 heavy (non-hydrogen) atoms. The van der Waals surface area contributed by atoms with E-state index in [1.165, 1.54) is 58.3 Å². The first-order valence-electron chi connectivity index (χ1n) is 8.28. The molecule has 2 unspecified atom stereocenters. The van der Waals surface area contributed by atoms with E-state index in [-0.39, 0.29) is 0 Å². The predicted molar refractivity (Wildman–Crippen MR) is 80.5 cm³/mol. The van der Waals surface area contributed by atoms with Crippen LogP contribution in [-0.2, 0) is 4.74 Å². The van der Waals surface area contributed by atoms with E-state index in [1.807, 2.05) is 0 Å². The smallest absolute Gasteiger partial charge is 0.0587 e. The maximum Gasteiger partial charge on any atom is 0.0587 e. The standard InChI is InChI=1S/C16H32N2O/c1-14(2)11-17-12-15-6-8-18(13-15)9-7-16-5-3-4-10-19-16/h14-17H,3-13H2,1-2H3. The normalized spacial score (nSPS) is 29.2. The van der Waals surface area contributed by atoms with Gasteiger partial charge < -0.3 is 15.0 Å². The van der Waals surface area contributed by atoms with Gasteiger partial charge in [0.1, 0.15) is 0 Å². The lowest BCUT2D eigenvalue weighted by molar-refractivity contribution is 0.00649. The van der Waals surface area contributed by atoms with Crippen molar-refractivity contribution in [1.29, 1.82) is 0 Å². The lowest BCUT2D eigenvalue weighted by Gasteiger charge is -2.25. The minimum absolute atomic E-state index is 0.548. The molecule has 0 bridgehead atoms. The molecule has 0 radical (unpaired) electrons. The van der Waals surface area contributed by atoms with E-state index in [9.17, 15) is 0 Å². The third-order valence-electron chi connectivity index (χ3n) is 4.40. The largest absolute Gasteiger partial charge is 0.378 e. The Morgan fingerprint density at radius 1 is 1.26 bits per heavy atom. The van der Waals surface area contributed by atoms with Crippen molar-refractivity contribution in [1.82, 2.24) is 10.2 Å². The van der Waals surface area contributed by atoms with Crippen LogP contribution in [0.5, 0.6) is 0 Å². The van der Waals surface area contributed by atoms with Crippen LogP contribution >= 0.6 is 0 Å².